The van der Waals surface area contributed by atoms with Gasteiger partial charge in [0.25, 0.3) is 0 Å². The fraction of sp³-hybridized carbons (Fsp3) is 0.143. The molecule has 0 fully saturated rings. The summed E-state index contributed by atoms with van der Waals surface area (Å²) in [6.45, 7) is 3.70. The minimum atomic E-state index is -0.211. The van der Waals surface area contributed by atoms with Crippen molar-refractivity contribution < 1.29 is 0 Å². The molecule has 48 valence electrons. The molecular formula is C7H6Cl2. The van der Waals surface area contributed by atoms with Crippen molar-refractivity contribution in [2.75, 3.05) is 0 Å². The van der Waals surface area contributed by atoms with Crippen molar-refractivity contribution in [3.8, 4) is 0 Å². The maximum absolute atomic E-state index is 5.77. The Labute approximate surface area is 64.5 Å². The van der Waals surface area contributed by atoms with E-state index in [4.69, 9.17) is 23.2 Å². The molecule has 0 aromatic heterocycles. The third-order valence-corrected chi connectivity index (χ3v) is 2.10. The Balaban J connectivity index is 2.86. The van der Waals surface area contributed by atoms with E-state index in [1.807, 2.05) is 12.2 Å². The van der Waals surface area contributed by atoms with Gasteiger partial charge in [-0.3, -0.25) is 0 Å². The normalized spacial score (nSPS) is 26.2. The van der Waals surface area contributed by atoms with Crippen LogP contribution in [0.2, 0.25) is 0 Å². The van der Waals surface area contributed by atoms with Crippen LogP contribution >= 0.6 is 23.2 Å². The van der Waals surface area contributed by atoms with Crippen molar-refractivity contribution >= 4 is 23.2 Å². The van der Waals surface area contributed by atoms with Crippen molar-refractivity contribution in [2.45, 2.75) is 5.38 Å². The molecule has 0 aromatic rings. The first-order chi connectivity index (χ1) is 4.22. The van der Waals surface area contributed by atoms with Gasteiger partial charge in [-0.1, -0.05) is 30.3 Å². The van der Waals surface area contributed by atoms with Crippen LogP contribution in [0.25, 0.3) is 0 Å². The summed E-state index contributed by atoms with van der Waals surface area (Å²) in [5.74, 6) is 0. The van der Waals surface area contributed by atoms with Crippen LogP contribution in [0.4, 0.5) is 0 Å². The summed E-state index contributed by atoms with van der Waals surface area (Å²) in [5, 5.41) is 0.431. The highest BCUT2D eigenvalue weighted by Gasteiger charge is 2.12. The van der Waals surface area contributed by atoms with Gasteiger partial charge in [-0.2, -0.15) is 0 Å². The number of halogens is 2. The fourth-order valence-electron chi connectivity index (χ4n) is 0.610. The van der Waals surface area contributed by atoms with Gasteiger partial charge in [-0.15, -0.1) is 11.6 Å². The minimum absolute atomic E-state index is 0.211. The van der Waals surface area contributed by atoms with E-state index in [9.17, 15) is 0 Å². The molecule has 0 nitrogen and oxygen atoms in total. The Morgan fingerprint density at radius 1 is 1.56 bits per heavy atom. The summed E-state index contributed by atoms with van der Waals surface area (Å²) < 4.78 is 0. The number of rotatable bonds is 0. The molecule has 0 saturated heterocycles. The van der Waals surface area contributed by atoms with Gasteiger partial charge in [-0.25, -0.2) is 0 Å². The van der Waals surface area contributed by atoms with E-state index in [0.717, 1.165) is 5.57 Å². The van der Waals surface area contributed by atoms with Gasteiger partial charge in [-0.05, 0) is 11.6 Å². The molecule has 9 heavy (non-hydrogen) atoms. The van der Waals surface area contributed by atoms with Gasteiger partial charge in [0.05, 0.1) is 5.38 Å². The van der Waals surface area contributed by atoms with Gasteiger partial charge < -0.3 is 0 Å². The lowest BCUT2D eigenvalue weighted by Crippen LogP contribution is -2.02. The molecular weight excluding hydrogens is 155 g/mol. The number of alkyl halides is 1. The Bertz CT molecular complexity index is 189. The van der Waals surface area contributed by atoms with E-state index in [1.165, 1.54) is 0 Å². The van der Waals surface area contributed by atoms with E-state index in [2.05, 4.69) is 6.58 Å². The van der Waals surface area contributed by atoms with Crippen LogP contribution in [0, 0.1) is 0 Å². The maximum Gasteiger partial charge on any atom is 0.0935 e. The molecule has 0 heterocycles. The van der Waals surface area contributed by atoms with Gasteiger partial charge in [0.2, 0.25) is 0 Å². The standard InChI is InChI=1S/C7H6Cl2/c1-5-3-2-4-6(8)7(5)9/h2-4,7H,1H2. The molecule has 0 amide bonds. The van der Waals surface area contributed by atoms with Crippen molar-refractivity contribution in [1.29, 1.82) is 0 Å². The summed E-state index contributed by atoms with van der Waals surface area (Å²) in [6, 6.07) is 0. The zero-order chi connectivity index (χ0) is 6.85. The van der Waals surface area contributed by atoms with E-state index in [-0.39, 0.29) is 5.38 Å². The summed E-state index contributed by atoms with van der Waals surface area (Å²) in [7, 11) is 0. The SMILES string of the molecule is C=C1C=CC=C(Cl)C1Cl. The molecule has 0 aliphatic heterocycles. The number of hydrogen-bond acceptors (Lipinski definition) is 0. The lowest BCUT2D eigenvalue weighted by Gasteiger charge is -2.10. The first-order valence-corrected chi connectivity index (χ1v) is 3.40. The van der Waals surface area contributed by atoms with Gasteiger partial charge in [0.15, 0.2) is 0 Å². The molecule has 0 radical (unpaired) electrons. The molecule has 0 aromatic carbocycles. The molecule has 0 N–H and O–H groups in total. The van der Waals surface area contributed by atoms with Crippen LogP contribution in [-0.4, -0.2) is 5.38 Å². The average Bonchev–Trinajstić information content (AvgIpc) is 1.83. The van der Waals surface area contributed by atoms with Crippen LogP contribution in [0.1, 0.15) is 0 Å². The Kier molecular flexibility index (Phi) is 1.99. The second kappa shape index (κ2) is 2.59. The molecule has 1 aliphatic carbocycles. The first kappa shape index (κ1) is 6.91. The second-order valence-corrected chi connectivity index (χ2v) is 2.72. The van der Waals surface area contributed by atoms with Crippen LogP contribution in [0.15, 0.2) is 35.4 Å². The van der Waals surface area contributed by atoms with E-state index >= 15 is 0 Å². The Hall–Kier alpha value is -0.200. The monoisotopic (exact) mass is 160 g/mol. The van der Waals surface area contributed by atoms with E-state index in [0.29, 0.717) is 5.03 Å². The third kappa shape index (κ3) is 1.38. The third-order valence-electron chi connectivity index (χ3n) is 1.13. The summed E-state index contributed by atoms with van der Waals surface area (Å²) in [4.78, 5) is 0. The molecule has 1 atom stereocenters. The van der Waals surface area contributed by atoms with E-state index < -0.39 is 0 Å². The highest BCUT2D eigenvalue weighted by Crippen LogP contribution is 2.25. The highest BCUT2D eigenvalue weighted by molar-refractivity contribution is 6.38. The smallest absolute Gasteiger partial charge is 0.0935 e. The Morgan fingerprint density at radius 2 is 2.22 bits per heavy atom. The zero-order valence-corrected chi connectivity index (χ0v) is 6.28. The summed E-state index contributed by atoms with van der Waals surface area (Å²) in [5.41, 5.74) is 0.851. The van der Waals surface area contributed by atoms with Crippen LogP contribution < -0.4 is 0 Å². The summed E-state index contributed by atoms with van der Waals surface area (Å²) in [6.07, 6.45) is 5.46. The lowest BCUT2D eigenvalue weighted by atomic mass is 10.1. The minimum Gasteiger partial charge on any atom is -0.112 e. The van der Waals surface area contributed by atoms with Crippen molar-refractivity contribution in [2.24, 2.45) is 0 Å². The van der Waals surface area contributed by atoms with Crippen LogP contribution in [0.5, 0.6) is 0 Å². The predicted octanol–water partition coefficient (Wildman–Crippen LogP) is 2.84. The predicted molar refractivity (Wildman–Crippen MR) is 41.9 cm³/mol. The van der Waals surface area contributed by atoms with Crippen molar-refractivity contribution in [3.05, 3.63) is 35.4 Å². The van der Waals surface area contributed by atoms with Crippen LogP contribution in [-0.2, 0) is 0 Å². The fourth-order valence-corrected chi connectivity index (χ4v) is 0.968. The average molecular weight is 161 g/mol. The molecule has 2 heteroatoms. The van der Waals surface area contributed by atoms with Gasteiger partial charge in [0.1, 0.15) is 0 Å². The molecule has 0 spiro atoms. The largest absolute Gasteiger partial charge is 0.112 e. The highest BCUT2D eigenvalue weighted by atomic mass is 35.5. The Morgan fingerprint density at radius 3 is 2.67 bits per heavy atom. The van der Waals surface area contributed by atoms with Crippen molar-refractivity contribution in [3.63, 3.8) is 0 Å². The van der Waals surface area contributed by atoms with Crippen LogP contribution in [0.3, 0.4) is 0 Å². The molecule has 1 unspecified atom stereocenters. The first-order valence-electron chi connectivity index (χ1n) is 2.58. The topological polar surface area (TPSA) is 0 Å². The molecule has 0 saturated carbocycles. The maximum atomic E-state index is 5.77. The van der Waals surface area contributed by atoms with Gasteiger partial charge >= 0.3 is 0 Å². The van der Waals surface area contributed by atoms with Crippen molar-refractivity contribution in [1.82, 2.24) is 0 Å². The number of allylic oxidation sites excluding steroid dienone is 5. The van der Waals surface area contributed by atoms with E-state index in [1.54, 1.807) is 6.08 Å². The molecule has 1 rings (SSSR count). The second-order valence-electron chi connectivity index (χ2n) is 1.85. The molecule has 0 bridgehead atoms. The lowest BCUT2D eigenvalue weighted by molar-refractivity contribution is 1.25. The number of hydrogen-bond donors (Lipinski definition) is 0. The quantitative estimate of drug-likeness (QED) is 0.479. The summed E-state index contributed by atoms with van der Waals surface area (Å²) >= 11 is 11.4. The zero-order valence-electron chi connectivity index (χ0n) is 4.77. The molecule has 1 aliphatic rings. The van der Waals surface area contributed by atoms with Gasteiger partial charge in [0, 0.05) is 5.03 Å².